The molecule has 0 saturated carbocycles. The number of hydrogen-bond donors (Lipinski definition) is 0. The lowest BCUT2D eigenvalue weighted by Gasteiger charge is -2.38. The average Bonchev–Trinajstić information content (AvgIpc) is 2.51. The standard InChI is InChI=1S/C17H21BN4O/c1-21(2)17(23)13-9-22(10-13)11-15-7-8-16(20-19-15)12-3-5-14(18)6-4-12/h3-8,13H,9-11,18H2,1-2H3. The van der Waals surface area contributed by atoms with Crippen LogP contribution >= 0.6 is 0 Å². The fraction of sp³-hybridized carbons (Fsp3) is 0.353. The zero-order valence-corrected chi connectivity index (χ0v) is 13.9. The zero-order valence-electron chi connectivity index (χ0n) is 13.9. The molecular formula is C17H21BN4O. The largest absolute Gasteiger partial charge is 0.348 e. The molecule has 2 heterocycles. The Morgan fingerprint density at radius 2 is 1.87 bits per heavy atom. The van der Waals surface area contributed by atoms with Gasteiger partial charge in [-0.05, 0) is 12.1 Å². The van der Waals surface area contributed by atoms with Crippen LogP contribution in [0, 0.1) is 5.92 Å². The van der Waals surface area contributed by atoms with Crippen molar-refractivity contribution in [1.29, 1.82) is 0 Å². The fourth-order valence-electron chi connectivity index (χ4n) is 2.77. The molecule has 0 unspecified atom stereocenters. The number of carbonyl (C=O) groups is 1. The molecule has 1 aromatic heterocycles. The van der Waals surface area contributed by atoms with Crippen LogP contribution in [0.15, 0.2) is 36.4 Å². The molecule has 0 atom stereocenters. The first-order valence-electron chi connectivity index (χ1n) is 7.86. The molecule has 118 valence electrons. The lowest BCUT2D eigenvalue weighted by Crippen LogP contribution is -2.52. The van der Waals surface area contributed by atoms with E-state index in [1.807, 2.05) is 12.1 Å². The monoisotopic (exact) mass is 308 g/mol. The molecule has 2 aromatic rings. The van der Waals surface area contributed by atoms with Crippen LogP contribution < -0.4 is 5.46 Å². The number of amides is 1. The van der Waals surface area contributed by atoms with Crippen molar-refractivity contribution in [2.24, 2.45) is 5.92 Å². The van der Waals surface area contributed by atoms with Crippen LogP contribution in [-0.4, -0.2) is 60.9 Å². The van der Waals surface area contributed by atoms with Crippen LogP contribution in [0.4, 0.5) is 0 Å². The summed E-state index contributed by atoms with van der Waals surface area (Å²) in [5.74, 6) is 0.340. The summed E-state index contributed by atoms with van der Waals surface area (Å²) < 4.78 is 0. The Kier molecular flexibility index (Phi) is 4.43. The van der Waals surface area contributed by atoms with Gasteiger partial charge in [-0.25, -0.2) is 0 Å². The molecule has 1 aromatic carbocycles. The summed E-state index contributed by atoms with van der Waals surface area (Å²) in [6.07, 6.45) is 0. The van der Waals surface area contributed by atoms with E-state index in [9.17, 15) is 4.79 Å². The highest BCUT2D eigenvalue weighted by atomic mass is 16.2. The van der Waals surface area contributed by atoms with Crippen LogP contribution in [0.1, 0.15) is 5.69 Å². The third-order valence-corrected chi connectivity index (χ3v) is 4.20. The molecule has 6 heteroatoms. The summed E-state index contributed by atoms with van der Waals surface area (Å²) in [5, 5.41) is 8.64. The molecule has 0 spiro atoms. The van der Waals surface area contributed by atoms with Gasteiger partial charge in [0.2, 0.25) is 5.91 Å². The molecular weight excluding hydrogens is 287 g/mol. The summed E-state index contributed by atoms with van der Waals surface area (Å²) in [7, 11) is 5.68. The minimum Gasteiger partial charge on any atom is -0.348 e. The molecule has 5 nitrogen and oxygen atoms in total. The van der Waals surface area contributed by atoms with Gasteiger partial charge in [0.25, 0.3) is 0 Å². The third-order valence-electron chi connectivity index (χ3n) is 4.20. The number of benzene rings is 1. The minimum atomic E-state index is 0.129. The predicted molar refractivity (Wildman–Crippen MR) is 93.1 cm³/mol. The van der Waals surface area contributed by atoms with E-state index in [0.717, 1.165) is 36.6 Å². The fourth-order valence-corrected chi connectivity index (χ4v) is 2.77. The van der Waals surface area contributed by atoms with E-state index >= 15 is 0 Å². The van der Waals surface area contributed by atoms with Gasteiger partial charge in [-0.2, -0.15) is 10.2 Å². The summed E-state index contributed by atoms with van der Waals surface area (Å²) in [6, 6.07) is 12.3. The van der Waals surface area contributed by atoms with Gasteiger partial charge in [0, 0.05) is 39.3 Å². The van der Waals surface area contributed by atoms with Gasteiger partial charge >= 0.3 is 0 Å². The van der Waals surface area contributed by atoms with E-state index in [1.54, 1.807) is 19.0 Å². The second kappa shape index (κ2) is 6.50. The maximum absolute atomic E-state index is 11.8. The molecule has 0 aliphatic carbocycles. The van der Waals surface area contributed by atoms with E-state index in [0.29, 0.717) is 0 Å². The predicted octanol–water partition coefficient (Wildman–Crippen LogP) is -0.0780. The number of carbonyl (C=O) groups excluding carboxylic acids is 1. The van der Waals surface area contributed by atoms with Crippen molar-refractivity contribution in [2.45, 2.75) is 6.54 Å². The molecule has 1 aliphatic heterocycles. The molecule has 1 saturated heterocycles. The van der Waals surface area contributed by atoms with Crippen LogP contribution in [0.25, 0.3) is 11.3 Å². The number of hydrogen-bond acceptors (Lipinski definition) is 4. The Bertz CT molecular complexity index is 679. The zero-order chi connectivity index (χ0) is 16.4. The molecule has 1 aliphatic rings. The van der Waals surface area contributed by atoms with Gasteiger partial charge < -0.3 is 4.90 Å². The van der Waals surface area contributed by atoms with E-state index in [4.69, 9.17) is 0 Å². The first-order chi connectivity index (χ1) is 11.0. The maximum atomic E-state index is 11.8. The van der Waals surface area contributed by atoms with Gasteiger partial charge in [0.15, 0.2) is 0 Å². The van der Waals surface area contributed by atoms with Crippen molar-refractivity contribution in [3.63, 3.8) is 0 Å². The third kappa shape index (κ3) is 3.59. The maximum Gasteiger partial charge on any atom is 0.227 e. The van der Waals surface area contributed by atoms with Crippen molar-refractivity contribution >= 4 is 19.2 Å². The van der Waals surface area contributed by atoms with Gasteiger partial charge in [-0.3, -0.25) is 9.69 Å². The number of aromatic nitrogens is 2. The van der Waals surface area contributed by atoms with E-state index in [1.165, 1.54) is 5.46 Å². The molecule has 1 amide bonds. The van der Waals surface area contributed by atoms with Crippen LogP contribution in [-0.2, 0) is 11.3 Å². The van der Waals surface area contributed by atoms with E-state index in [-0.39, 0.29) is 11.8 Å². The Hall–Kier alpha value is -2.21. The highest BCUT2D eigenvalue weighted by Crippen LogP contribution is 2.20. The SMILES string of the molecule is Bc1ccc(-c2ccc(CN3CC(C(=O)N(C)C)C3)nn2)cc1. The van der Waals surface area contributed by atoms with Crippen molar-refractivity contribution in [3.8, 4) is 11.3 Å². The molecule has 0 radical (unpaired) electrons. The number of rotatable bonds is 4. The van der Waals surface area contributed by atoms with Crippen molar-refractivity contribution in [3.05, 3.63) is 42.1 Å². The highest BCUT2D eigenvalue weighted by Gasteiger charge is 2.33. The summed E-state index contributed by atoms with van der Waals surface area (Å²) in [5.41, 5.74) is 4.14. The van der Waals surface area contributed by atoms with Crippen molar-refractivity contribution < 1.29 is 4.79 Å². The average molecular weight is 308 g/mol. The molecule has 3 rings (SSSR count). The van der Waals surface area contributed by atoms with E-state index in [2.05, 4.69) is 47.2 Å². The molecule has 0 bridgehead atoms. The normalized spacial score (nSPS) is 15.2. The van der Waals surface area contributed by atoms with Gasteiger partial charge in [-0.1, -0.05) is 29.7 Å². The molecule has 0 N–H and O–H groups in total. The first-order valence-corrected chi connectivity index (χ1v) is 7.86. The van der Waals surface area contributed by atoms with E-state index < -0.39 is 0 Å². The van der Waals surface area contributed by atoms with Crippen LogP contribution in [0.3, 0.4) is 0 Å². The lowest BCUT2D eigenvalue weighted by molar-refractivity contribution is -0.138. The topological polar surface area (TPSA) is 49.3 Å². The number of likely N-dealkylation sites (tertiary alicyclic amines) is 1. The minimum absolute atomic E-state index is 0.129. The van der Waals surface area contributed by atoms with Crippen molar-refractivity contribution in [1.82, 2.24) is 20.0 Å². The van der Waals surface area contributed by atoms with Crippen LogP contribution in [0.5, 0.6) is 0 Å². The number of nitrogens with zero attached hydrogens (tertiary/aromatic N) is 4. The second-order valence-corrected chi connectivity index (χ2v) is 6.40. The second-order valence-electron chi connectivity index (χ2n) is 6.40. The summed E-state index contributed by atoms with van der Waals surface area (Å²) in [6.45, 7) is 2.36. The summed E-state index contributed by atoms with van der Waals surface area (Å²) >= 11 is 0. The Morgan fingerprint density at radius 1 is 1.17 bits per heavy atom. The highest BCUT2D eigenvalue weighted by molar-refractivity contribution is 6.32. The Morgan fingerprint density at radius 3 is 2.43 bits per heavy atom. The van der Waals surface area contributed by atoms with Crippen molar-refractivity contribution in [2.75, 3.05) is 27.2 Å². The Balaban J connectivity index is 1.57. The van der Waals surface area contributed by atoms with Gasteiger partial charge in [0.1, 0.15) is 7.85 Å². The van der Waals surface area contributed by atoms with Gasteiger partial charge in [-0.15, -0.1) is 0 Å². The summed E-state index contributed by atoms with van der Waals surface area (Å²) in [4.78, 5) is 15.7. The quantitative estimate of drug-likeness (QED) is 0.742. The molecule has 23 heavy (non-hydrogen) atoms. The Labute approximate surface area is 137 Å². The lowest BCUT2D eigenvalue weighted by atomic mass is 9.95. The smallest absolute Gasteiger partial charge is 0.227 e. The van der Waals surface area contributed by atoms with Crippen LogP contribution in [0.2, 0.25) is 0 Å². The van der Waals surface area contributed by atoms with Gasteiger partial charge in [0.05, 0.1) is 17.3 Å². The molecule has 1 fully saturated rings. The first kappa shape index (κ1) is 15.7.